The van der Waals surface area contributed by atoms with Gasteiger partial charge in [0.05, 0.1) is 6.10 Å². The van der Waals surface area contributed by atoms with E-state index in [1.54, 1.807) is 0 Å². The fourth-order valence-corrected chi connectivity index (χ4v) is 5.09. The highest BCUT2D eigenvalue weighted by Gasteiger charge is 2.43. The molecule has 4 nitrogen and oxygen atoms in total. The number of aliphatic hydroxyl groups excluding tert-OH is 1. The van der Waals surface area contributed by atoms with E-state index in [1.807, 2.05) is 6.20 Å². The molecule has 1 aliphatic carbocycles. The maximum absolute atomic E-state index is 9.76. The van der Waals surface area contributed by atoms with Gasteiger partial charge in [-0.2, -0.15) is 0 Å². The molecule has 3 heterocycles. The fraction of sp³-hybridized carbons (Fsp3) is 0.750. The third-order valence-electron chi connectivity index (χ3n) is 6.53. The van der Waals surface area contributed by atoms with Gasteiger partial charge in [0.2, 0.25) is 0 Å². The average Bonchev–Trinajstić information content (AvgIpc) is 2.99. The number of hydrogen-bond donors (Lipinski definition) is 1. The molecule has 1 N–H and O–H groups in total. The molecule has 1 aromatic rings. The lowest BCUT2D eigenvalue weighted by atomic mass is 9.79. The van der Waals surface area contributed by atoms with Crippen molar-refractivity contribution in [3.8, 4) is 0 Å². The molecule has 1 spiro atoms. The standard InChI is InChI=1S/C20H31N3O/c1-16-3-8-19(21-13-16)23-11-2-9-20(15-23)10-12-22(14-20)17-4-6-18(24)7-5-17/h3,8,13,17-18,24H,2,4-7,9-12,14-15H2,1H3/t17-,18-,20-/m1/s1. The second kappa shape index (κ2) is 6.64. The molecule has 0 amide bonds. The van der Waals surface area contributed by atoms with Crippen LogP contribution < -0.4 is 4.90 Å². The molecule has 1 aromatic heterocycles. The Kier molecular flexibility index (Phi) is 4.52. The minimum Gasteiger partial charge on any atom is -0.393 e. The first-order chi connectivity index (χ1) is 11.6. The minimum atomic E-state index is -0.0457. The number of hydrogen-bond acceptors (Lipinski definition) is 4. The van der Waals surface area contributed by atoms with Crippen LogP contribution in [0, 0.1) is 12.3 Å². The Bertz CT molecular complexity index is 553. The molecule has 24 heavy (non-hydrogen) atoms. The van der Waals surface area contributed by atoms with E-state index < -0.39 is 0 Å². The van der Waals surface area contributed by atoms with Crippen LogP contribution in [0.5, 0.6) is 0 Å². The summed E-state index contributed by atoms with van der Waals surface area (Å²) >= 11 is 0. The zero-order chi connectivity index (χ0) is 16.6. The van der Waals surface area contributed by atoms with Crippen molar-refractivity contribution >= 4 is 5.82 Å². The largest absolute Gasteiger partial charge is 0.393 e. The summed E-state index contributed by atoms with van der Waals surface area (Å²) in [7, 11) is 0. The molecule has 4 heteroatoms. The summed E-state index contributed by atoms with van der Waals surface area (Å²) in [6.07, 6.45) is 10.3. The van der Waals surface area contributed by atoms with Crippen LogP contribution >= 0.6 is 0 Å². The second-order valence-corrected chi connectivity index (χ2v) is 8.40. The van der Waals surface area contributed by atoms with Crippen molar-refractivity contribution in [3.05, 3.63) is 23.9 Å². The van der Waals surface area contributed by atoms with E-state index in [0.29, 0.717) is 11.5 Å². The van der Waals surface area contributed by atoms with Crippen LogP contribution in [0.15, 0.2) is 18.3 Å². The first-order valence-electron chi connectivity index (χ1n) is 9.73. The first kappa shape index (κ1) is 16.3. The zero-order valence-electron chi connectivity index (χ0n) is 15.0. The highest BCUT2D eigenvalue weighted by molar-refractivity contribution is 5.40. The Morgan fingerprint density at radius 3 is 2.67 bits per heavy atom. The van der Waals surface area contributed by atoms with Crippen LogP contribution in [0.2, 0.25) is 0 Å². The van der Waals surface area contributed by atoms with Gasteiger partial charge in [-0.3, -0.25) is 4.90 Å². The van der Waals surface area contributed by atoms with Gasteiger partial charge in [-0.1, -0.05) is 6.07 Å². The highest BCUT2D eigenvalue weighted by atomic mass is 16.3. The number of aromatic nitrogens is 1. The van der Waals surface area contributed by atoms with Crippen LogP contribution in [-0.4, -0.2) is 53.3 Å². The summed E-state index contributed by atoms with van der Waals surface area (Å²) in [5.41, 5.74) is 1.69. The van der Waals surface area contributed by atoms with Crippen molar-refractivity contribution in [1.82, 2.24) is 9.88 Å². The second-order valence-electron chi connectivity index (χ2n) is 8.40. The first-order valence-corrected chi connectivity index (χ1v) is 9.73. The van der Waals surface area contributed by atoms with Crippen molar-refractivity contribution in [1.29, 1.82) is 0 Å². The van der Waals surface area contributed by atoms with Crippen LogP contribution in [-0.2, 0) is 0 Å². The molecule has 2 aliphatic heterocycles. The van der Waals surface area contributed by atoms with Gasteiger partial charge in [0, 0.05) is 37.3 Å². The Morgan fingerprint density at radius 1 is 1.08 bits per heavy atom. The SMILES string of the molecule is Cc1ccc(N2CCC[C@]3(CCN([C@H]4CC[C@H](O)CC4)C3)C2)nc1. The zero-order valence-corrected chi connectivity index (χ0v) is 15.0. The Morgan fingerprint density at radius 2 is 1.92 bits per heavy atom. The normalized spacial score (nSPS) is 34.8. The lowest BCUT2D eigenvalue weighted by Gasteiger charge is -2.42. The average molecular weight is 329 g/mol. The molecule has 3 aliphatic rings. The Balaban J connectivity index is 1.41. The number of likely N-dealkylation sites (tertiary alicyclic amines) is 1. The van der Waals surface area contributed by atoms with E-state index >= 15 is 0 Å². The molecule has 3 fully saturated rings. The summed E-state index contributed by atoms with van der Waals surface area (Å²) in [6.45, 7) is 6.90. The monoisotopic (exact) mass is 329 g/mol. The van der Waals surface area contributed by atoms with E-state index in [-0.39, 0.29) is 6.10 Å². The van der Waals surface area contributed by atoms with Gasteiger partial charge in [0.15, 0.2) is 0 Å². The maximum Gasteiger partial charge on any atom is 0.128 e. The molecule has 0 unspecified atom stereocenters. The Hall–Kier alpha value is -1.13. The lowest BCUT2D eigenvalue weighted by Crippen LogP contribution is -2.46. The molecule has 0 bridgehead atoms. The van der Waals surface area contributed by atoms with Crippen LogP contribution in [0.3, 0.4) is 0 Å². The van der Waals surface area contributed by atoms with Gasteiger partial charge in [-0.15, -0.1) is 0 Å². The molecular weight excluding hydrogens is 298 g/mol. The summed E-state index contributed by atoms with van der Waals surface area (Å²) in [6, 6.07) is 5.07. The van der Waals surface area contributed by atoms with Crippen molar-refractivity contribution < 1.29 is 5.11 Å². The summed E-state index contributed by atoms with van der Waals surface area (Å²) in [5.74, 6) is 1.15. The number of anilines is 1. The summed E-state index contributed by atoms with van der Waals surface area (Å²) < 4.78 is 0. The van der Waals surface area contributed by atoms with Crippen LogP contribution in [0.1, 0.15) is 50.5 Å². The van der Waals surface area contributed by atoms with Gasteiger partial charge in [0.25, 0.3) is 0 Å². The molecule has 0 aromatic carbocycles. The van der Waals surface area contributed by atoms with Crippen LogP contribution in [0.4, 0.5) is 5.82 Å². The van der Waals surface area contributed by atoms with E-state index in [2.05, 4.69) is 33.8 Å². The van der Waals surface area contributed by atoms with Gasteiger partial charge < -0.3 is 10.0 Å². The predicted octanol–water partition coefficient (Wildman–Crippen LogP) is 2.99. The van der Waals surface area contributed by atoms with Crippen molar-refractivity contribution in [2.24, 2.45) is 5.41 Å². The lowest BCUT2D eigenvalue weighted by molar-refractivity contribution is 0.0770. The summed E-state index contributed by atoms with van der Waals surface area (Å²) in [5, 5.41) is 9.76. The van der Waals surface area contributed by atoms with Gasteiger partial charge >= 0.3 is 0 Å². The third-order valence-corrected chi connectivity index (χ3v) is 6.53. The number of rotatable bonds is 2. The maximum atomic E-state index is 9.76. The number of pyridine rings is 1. The molecule has 1 atom stereocenters. The smallest absolute Gasteiger partial charge is 0.128 e. The van der Waals surface area contributed by atoms with Crippen molar-refractivity contribution in [3.63, 3.8) is 0 Å². The van der Waals surface area contributed by atoms with Crippen molar-refractivity contribution in [2.45, 2.75) is 64.0 Å². The van der Waals surface area contributed by atoms with Gasteiger partial charge in [-0.25, -0.2) is 4.98 Å². The van der Waals surface area contributed by atoms with Gasteiger partial charge in [-0.05, 0) is 70.0 Å². The Labute approximate surface area is 145 Å². The van der Waals surface area contributed by atoms with E-state index in [4.69, 9.17) is 0 Å². The number of piperidine rings is 1. The predicted molar refractivity (Wildman–Crippen MR) is 97.3 cm³/mol. The molecule has 2 saturated heterocycles. The third kappa shape index (κ3) is 3.31. The topological polar surface area (TPSA) is 39.6 Å². The number of aryl methyl sites for hydroxylation is 1. The number of aliphatic hydroxyl groups is 1. The molecular formula is C20H31N3O. The number of nitrogens with zero attached hydrogens (tertiary/aromatic N) is 3. The van der Waals surface area contributed by atoms with E-state index in [1.165, 1.54) is 50.8 Å². The quantitative estimate of drug-likeness (QED) is 0.905. The molecule has 1 saturated carbocycles. The molecule has 4 rings (SSSR count). The fourth-order valence-electron chi connectivity index (χ4n) is 5.09. The molecule has 132 valence electrons. The van der Waals surface area contributed by atoms with E-state index in [9.17, 15) is 5.11 Å². The van der Waals surface area contributed by atoms with Gasteiger partial charge in [0.1, 0.15) is 5.82 Å². The van der Waals surface area contributed by atoms with Crippen molar-refractivity contribution in [2.75, 3.05) is 31.1 Å². The van der Waals surface area contributed by atoms with E-state index in [0.717, 1.165) is 31.7 Å². The molecule has 0 radical (unpaired) electrons. The minimum absolute atomic E-state index is 0.0457. The summed E-state index contributed by atoms with van der Waals surface area (Å²) in [4.78, 5) is 9.90. The van der Waals surface area contributed by atoms with Crippen LogP contribution in [0.25, 0.3) is 0 Å². The highest BCUT2D eigenvalue weighted by Crippen LogP contribution is 2.42.